The minimum Gasteiger partial charge on any atom is -0.463 e. The highest BCUT2D eigenvalue weighted by Crippen LogP contribution is 2.44. The Morgan fingerprint density at radius 1 is 0.833 bits per heavy atom. The van der Waals surface area contributed by atoms with Gasteiger partial charge < -0.3 is 28.8 Å². The number of fused-ring (bicyclic) bond motifs is 4. The Morgan fingerprint density at radius 3 is 2.20 bits per heavy atom. The monoisotopic (exact) mass is 813 g/mol. The van der Waals surface area contributed by atoms with Gasteiger partial charge in [0.25, 0.3) is 5.91 Å². The SMILES string of the molecule is CC(=O)OC[C@@H]1C[C@H](OC(C)=O)[C@@H](C)[C@H](ONC(=O)/C=C/Cc2ccc(CN(CCc3c(C)[nH]c4ccccc34)C(=O)OCC3c4ccccc4-c4ccccc43)cc2)O1. The van der Waals surface area contributed by atoms with E-state index in [9.17, 15) is 19.2 Å². The van der Waals surface area contributed by atoms with E-state index in [1.807, 2.05) is 60.7 Å². The van der Waals surface area contributed by atoms with Crippen LogP contribution in [0.2, 0.25) is 0 Å². The average Bonchev–Trinajstić information content (AvgIpc) is 3.74. The lowest BCUT2D eigenvalue weighted by molar-refractivity contribution is -0.270. The summed E-state index contributed by atoms with van der Waals surface area (Å²) in [5, 5.41) is 1.15. The van der Waals surface area contributed by atoms with Crippen LogP contribution in [0, 0.1) is 12.8 Å². The third kappa shape index (κ3) is 10.1. The molecule has 1 aliphatic heterocycles. The highest BCUT2D eigenvalue weighted by atomic mass is 16.8. The molecule has 0 bridgehead atoms. The van der Waals surface area contributed by atoms with Gasteiger partial charge in [-0.25, -0.2) is 15.1 Å². The maximum atomic E-state index is 14.0. The second-order valence-corrected chi connectivity index (χ2v) is 15.4. The van der Waals surface area contributed by atoms with Crippen molar-refractivity contribution in [1.82, 2.24) is 15.4 Å². The van der Waals surface area contributed by atoms with E-state index in [4.69, 9.17) is 23.8 Å². The fraction of sp³-hybridized carbons (Fsp3) is 0.333. The van der Waals surface area contributed by atoms with Crippen molar-refractivity contribution in [2.75, 3.05) is 19.8 Å². The zero-order valence-electron chi connectivity index (χ0n) is 34.4. The summed E-state index contributed by atoms with van der Waals surface area (Å²) in [6, 6.07) is 32.7. The Hall–Kier alpha value is -6.24. The Balaban J connectivity index is 0.968. The molecule has 2 aliphatic rings. The molecule has 2 amide bonds. The van der Waals surface area contributed by atoms with Crippen LogP contribution in [0.15, 0.2) is 109 Å². The number of carbonyl (C=O) groups is 4. The largest absolute Gasteiger partial charge is 0.463 e. The fourth-order valence-electron chi connectivity index (χ4n) is 8.12. The number of hydrogen-bond donors (Lipinski definition) is 2. The van der Waals surface area contributed by atoms with E-state index in [-0.39, 0.29) is 25.2 Å². The molecule has 7 rings (SSSR count). The Morgan fingerprint density at radius 2 is 1.50 bits per heavy atom. The second-order valence-electron chi connectivity index (χ2n) is 15.4. The molecule has 1 saturated heterocycles. The maximum absolute atomic E-state index is 14.0. The van der Waals surface area contributed by atoms with Crippen LogP contribution in [0.25, 0.3) is 22.0 Å². The summed E-state index contributed by atoms with van der Waals surface area (Å²) in [6.45, 7) is 7.47. The maximum Gasteiger partial charge on any atom is 0.410 e. The standard InChI is InChI=1S/C48H51N3O9/c1-30-45(58-33(4)53)26-36(28-56-32(3)52)59-47(30)60-50-46(54)19-11-12-34-20-22-35(23-21-34)27-51(25-24-37-31(2)49-44-18-10-9-17-42(37)44)48(55)57-29-43-40-15-7-5-13-38(40)39-14-6-8-16-41(39)43/h5-11,13-23,30,36,43,45,47,49H,12,24-29H2,1-4H3,(H,50,54)/b19-11+/t30-,36+,45+,47+/m1/s1. The first-order valence-electron chi connectivity index (χ1n) is 20.4. The number of esters is 2. The van der Waals surface area contributed by atoms with Gasteiger partial charge in [0.2, 0.25) is 0 Å². The van der Waals surface area contributed by atoms with Crippen LogP contribution >= 0.6 is 0 Å². The number of allylic oxidation sites excluding steroid dienone is 1. The lowest BCUT2D eigenvalue weighted by Gasteiger charge is -2.38. The number of carbonyl (C=O) groups excluding carboxylic acids is 4. The number of rotatable bonds is 15. The number of H-pyrrole nitrogens is 1. The molecule has 4 aromatic carbocycles. The molecule has 0 saturated carbocycles. The smallest absolute Gasteiger partial charge is 0.410 e. The molecule has 2 heterocycles. The van der Waals surface area contributed by atoms with Gasteiger partial charge in [-0.3, -0.25) is 14.4 Å². The van der Waals surface area contributed by atoms with Gasteiger partial charge in [0, 0.05) is 67.9 Å². The van der Waals surface area contributed by atoms with Crippen LogP contribution < -0.4 is 5.48 Å². The summed E-state index contributed by atoms with van der Waals surface area (Å²) in [6.07, 6.45) is 2.09. The fourth-order valence-corrected chi connectivity index (χ4v) is 8.12. The number of amides is 2. The number of benzene rings is 4. The van der Waals surface area contributed by atoms with Crippen LogP contribution in [-0.4, -0.2) is 72.1 Å². The summed E-state index contributed by atoms with van der Waals surface area (Å²) in [5.41, 5.74) is 12.3. The first-order chi connectivity index (χ1) is 29.0. The number of ether oxygens (including phenoxy) is 4. The first kappa shape index (κ1) is 41.9. The van der Waals surface area contributed by atoms with E-state index in [0.717, 1.165) is 38.9 Å². The highest BCUT2D eigenvalue weighted by Gasteiger charge is 2.40. The van der Waals surface area contributed by atoms with Crippen molar-refractivity contribution >= 4 is 34.8 Å². The summed E-state index contributed by atoms with van der Waals surface area (Å²) in [4.78, 5) is 60.5. The summed E-state index contributed by atoms with van der Waals surface area (Å²) in [5.74, 6) is -1.87. The molecule has 12 nitrogen and oxygen atoms in total. The number of nitrogens with zero attached hydrogens (tertiary/aromatic N) is 1. The number of aryl methyl sites for hydroxylation is 1. The van der Waals surface area contributed by atoms with Crippen molar-refractivity contribution in [3.8, 4) is 11.1 Å². The quantitative estimate of drug-likeness (QED) is 0.0467. The predicted molar refractivity (Wildman–Crippen MR) is 225 cm³/mol. The lowest BCUT2D eigenvalue weighted by Crippen LogP contribution is -2.49. The molecule has 1 aromatic heterocycles. The molecule has 0 spiro atoms. The Kier molecular flexibility index (Phi) is 13.4. The number of para-hydroxylation sites is 1. The molecule has 2 N–H and O–H groups in total. The molecule has 5 aromatic rings. The van der Waals surface area contributed by atoms with E-state index in [2.05, 4.69) is 53.8 Å². The van der Waals surface area contributed by atoms with Gasteiger partial charge in [0.05, 0.1) is 6.10 Å². The average molecular weight is 814 g/mol. The van der Waals surface area contributed by atoms with E-state index >= 15 is 0 Å². The van der Waals surface area contributed by atoms with Crippen molar-refractivity contribution in [3.63, 3.8) is 0 Å². The van der Waals surface area contributed by atoms with Crippen LogP contribution in [0.5, 0.6) is 0 Å². The zero-order valence-corrected chi connectivity index (χ0v) is 34.4. The summed E-state index contributed by atoms with van der Waals surface area (Å²) < 4.78 is 22.6. The van der Waals surface area contributed by atoms with E-state index in [1.54, 1.807) is 17.9 Å². The number of hydroxylamine groups is 1. The van der Waals surface area contributed by atoms with Crippen molar-refractivity contribution in [2.24, 2.45) is 5.92 Å². The minimum absolute atomic E-state index is 0.0372. The van der Waals surface area contributed by atoms with Gasteiger partial charge in [-0.2, -0.15) is 0 Å². The normalized spacial score (nSPS) is 18.5. The second kappa shape index (κ2) is 19.2. The third-order valence-corrected chi connectivity index (χ3v) is 11.2. The molecule has 1 fully saturated rings. The summed E-state index contributed by atoms with van der Waals surface area (Å²) >= 11 is 0. The van der Waals surface area contributed by atoms with Gasteiger partial charge in [-0.15, -0.1) is 0 Å². The van der Waals surface area contributed by atoms with Gasteiger partial charge in [-0.05, 0) is 64.8 Å². The molecule has 312 valence electrons. The minimum atomic E-state index is -0.937. The molecular formula is C48H51N3O9. The third-order valence-electron chi connectivity index (χ3n) is 11.2. The van der Waals surface area contributed by atoms with E-state index < -0.39 is 42.3 Å². The van der Waals surface area contributed by atoms with Crippen molar-refractivity contribution in [3.05, 3.63) is 143 Å². The zero-order chi connectivity index (χ0) is 42.2. The molecular weight excluding hydrogens is 763 g/mol. The number of aromatic amines is 1. The van der Waals surface area contributed by atoms with Crippen molar-refractivity contribution in [1.29, 1.82) is 0 Å². The number of nitrogens with one attached hydrogen (secondary N) is 2. The van der Waals surface area contributed by atoms with Crippen LogP contribution in [0.4, 0.5) is 4.79 Å². The van der Waals surface area contributed by atoms with Gasteiger partial charge >= 0.3 is 18.0 Å². The predicted octanol–water partition coefficient (Wildman–Crippen LogP) is 7.86. The van der Waals surface area contributed by atoms with Gasteiger partial charge in [0.15, 0.2) is 6.29 Å². The van der Waals surface area contributed by atoms with Gasteiger partial charge in [-0.1, -0.05) is 104 Å². The topological polar surface area (TPSA) is 145 Å². The molecule has 0 radical (unpaired) electrons. The number of hydrogen-bond acceptors (Lipinski definition) is 9. The Bertz CT molecular complexity index is 2310. The van der Waals surface area contributed by atoms with Crippen molar-refractivity contribution < 1.29 is 43.0 Å². The lowest BCUT2D eigenvalue weighted by atomic mass is 9.95. The highest BCUT2D eigenvalue weighted by molar-refractivity contribution is 5.86. The van der Waals surface area contributed by atoms with E-state index in [1.165, 1.54) is 36.6 Å². The van der Waals surface area contributed by atoms with Crippen LogP contribution in [0.1, 0.15) is 66.6 Å². The molecule has 4 atom stereocenters. The van der Waals surface area contributed by atoms with Crippen LogP contribution in [-0.2, 0) is 57.6 Å². The summed E-state index contributed by atoms with van der Waals surface area (Å²) in [7, 11) is 0. The molecule has 12 heteroatoms. The van der Waals surface area contributed by atoms with Crippen molar-refractivity contribution in [2.45, 2.75) is 77.9 Å². The molecule has 60 heavy (non-hydrogen) atoms. The Labute approximate surface area is 349 Å². The molecule has 0 unspecified atom stereocenters. The first-order valence-corrected chi connectivity index (χ1v) is 20.4. The van der Waals surface area contributed by atoms with Gasteiger partial charge in [0.1, 0.15) is 19.3 Å². The van der Waals surface area contributed by atoms with E-state index in [0.29, 0.717) is 32.4 Å². The number of aromatic nitrogens is 1. The molecule has 1 aliphatic carbocycles. The van der Waals surface area contributed by atoms with Crippen LogP contribution in [0.3, 0.4) is 0 Å².